The Morgan fingerprint density at radius 2 is 2.36 bits per heavy atom. The molecule has 4 heteroatoms. The van der Waals surface area contributed by atoms with Crippen molar-refractivity contribution in [3.63, 3.8) is 0 Å². The quantitative estimate of drug-likeness (QED) is 0.678. The van der Waals surface area contributed by atoms with Crippen LogP contribution in [0.5, 0.6) is 5.88 Å². The lowest BCUT2D eigenvalue weighted by molar-refractivity contribution is 0.346. The SMILES string of the molecule is C/C=C/COc1cc(C#N)nc(C)n1. The van der Waals surface area contributed by atoms with E-state index in [0.717, 1.165) is 0 Å². The van der Waals surface area contributed by atoms with E-state index in [9.17, 15) is 0 Å². The van der Waals surface area contributed by atoms with Crippen LogP contribution in [-0.4, -0.2) is 16.6 Å². The van der Waals surface area contributed by atoms with Crippen LogP contribution in [0.1, 0.15) is 18.4 Å². The second-order valence-corrected chi connectivity index (χ2v) is 2.63. The smallest absolute Gasteiger partial charge is 0.218 e. The third kappa shape index (κ3) is 2.87. The first-order valence-electron chi connectivity index (χ1n) is 4.26. The fourth-order valence-corrected chi connectivity index (χ4v) is 0.901. The number of nitriles is 1. The summed E-state index contributed by atoms with van der Waals surface area (Å²) in [5.41, 5.74) is 0.327. The molecule has 0 spiro atoms. The van der Waals surface area contributed by atoms with E-state index >= 15 is 0 Å². The lowest BCUT2D eigenvalue weighted by atomic mass is 10.4. The van der Waals surface area contributed by atoms with Crippen molar-refractivity contribution in [3.05, 3.63) is 29.7 Å². The van der Waals surface area contributed by atoms with E-state index in [1.165, 1.54) is 6.07 Å². The molecule has 72 valence electrons. The Balaban J connectivity index is 2.77. The van der Waals surface area contributed by atoms with Crippen LogP contribution in [0, 0.1) is 18.3 Å². The number of rotatable bonds is 3. The summed E-state index contributed by atoms with van der Waals surface area (Å²) in [5.74, 6) is 0.978. The van der Waals surface area contributed by atoms with Gasteiger partial charge in [-0.05, 0) is 13.8 Å². The lowest BCUT2D eigenvalue weighted by Crippen LogP contribution is -1.99. The highest BCUT2D eigenvalue weighted by Crippen LogP contribution is 2.08. The summed E-state index contributed by atoms with van der Waals surface area (Å²) in [6, 6.07) is 3.47. The highest BCUT2D eigenvalue weighted by atomic mass is 16.5. The number of hydrogen-bond donors (Lipinski definition) is 0. The van der Waals surface area contributed by atoms with Gasteiger partial charge in [0.1, 0.15) is 24.2 Å². The zero-order valence-corrected chi connectivity index (χ0v) is 8.19. The second kappa shape index (κ2) is 4.97. The van der Waals surface area contributed by atoms with Gasteiger partial charge < -0.3 is 4.74 Å². The predicted molar refractivity (Wildman–Crippen MR) is 51.8 cm³/mol. The minimum Gasteiger partial charge on any atom is -0.473 e. The van der Waals surface area contributed by atoms with Crippen molar-refractivity contribution >= 4 is 0 Å². The van der Waals surface area contributed by atoms with Gasteiger partial charge in [0.05, 0.1) is 0 Å². The van der Waals surface area contributed by atoms with E-state index in [2.05, 4.69) is 9.97 Å². The van der Waals surface area contributed by atoms with Gasteiger partial charge in [-0.2, -0.15) is 10.2 Å². The summed E-state index contributed by atoms with van der Waals surface area (Å²) in [6.07, 6.45) is 3.75. The summed E-state index contributed by atoms with van der Waals surface area (Å²) in [4.78, 5) is 7.95. The first kappa shape index (κ1) is 10.2. The molecule has 0 N–H and O–H groups in total. The average molecular weight is 189 g/mol. The molecule has 0 aliphatic carbocycles. The Bertz CT molecular complexity index is 379. The fraction of sp³-hybridized carbons (Fsp3) is 0.300. The van der Waals surface area contributed by atoms with Crippen LogP contribution in [0.4, 0.5) is 0 Å². The Hall–Kier alpha value is -1.89. The maximum Gasteiger partial charge on any atom is 0.218 e. The summed E-state index contributed by atoms with van der Waals surface area (Å²) in [6.45, 7) is 4.09. The van der Waals surface area contributed by atoms with E-state index in [-0.39, 0.29) is 0 Å². The number of hydrogen-bond acceptors (Lipinski definition) is 4. The number of aryl methyl sites for hydroxylation is 1. The summed E-state index contributed by atoms with van der Waals surface area (Å²) < 4.78 is 5.28. The first-order chi connectivity index (χ1) is 6.76. The van der Waals surface area contributed by atoms with E-state index in [0.29, 0.717) is 24.0 Å². The zero-order chi connectivity index (χ0) is 10.4. The monoisotopic (exact) mass is 189 g/mol. The normalized spacial score (nSPS) is 10.1. The summed E-state index contributed by atoms with van der Waals surface area (Å²) >= 11 is 0. The van der Waals surface area contributed by atoms with Gasteiger partial charge in [-0.3, -0.25) is 0 Å². The Morgan fingerprint density at radius 1 is 1.57 bits per heavy atom. The van der Waals surface area contributed by atoms with Gasteiger partial charge >= 0.3 is 0 Å². The van der Waals surface area contributed by atoms with E-state index in [1.807, 2.05) is 25.1 Å². The van der Waals surface area contributed by atoms with Crippen molar-refractivity contribution in [2.45, 2.75) is 13.8 Å². The van der Waals surface area contributed by atoms with Crippen molar-refractivity contribution in [2.75, 3.05) is 6.61 Å². The van der Waals surface area contributed by atoms with Crippen LogP contribution in [0.15, 0.2) is 18.2 Å². The molecule has 0 aliphatic heterocycles. The molecule has 1 rings (SSSR count). The molecule has 0 atom stereocenters. The summed E-state index contributed by atoms with van der Waals surface area (Å²) in [7, 11) is 0. The molecule has 1 heterocycles. The molecule has 0 aromatic carbocycles. The largest absolute Gasteiger partial charge is 0.473 e. The average Bonchev–Trinajstić information content (AvgIpc) is 2.17. The van der Waals surface area contributed by atoms with E-state index in [1.54, 1.807) is 6.92 Å². The lowest BCUT2D eigenvalue weighted by Gasteiger charge is -2.02. The molecule has 0 bridgehead atoms. The molecule has 0 fully saturated rings. The molecule has 14 heavy (non-hydrogen) atoms. The fourth-order valence-electron chi connectivity index (χ4n) is 0.901. The van der Waals surface area contributed by atoms with Crippen LogP contribution >= 0.6 is 0 Å². The number of nitrogens with zero attached hydrogens (tertiary/aromatic N) is 3. The van der Waals surface area contributed by atoms with E-state index < -0.39 is 0 Å². The second-order valence-electron chi connectivity index (χ2n) is 2.63. The van der Waals surface area contributed by atoms with Gasteiger partial charge in [-0.1, -0.05) is 12.2 Å². The predicted octanol–water partition coefficient (Wildman–Crippen LogP) is 1.61. The van der Waals surface area contributed by atoms with E-state index in [4.69, 9.17) is 10.00 Å². The van der Waals surface area contributed by atoms with Gasteiger partial charge in [0.25, 0.3) is 0 Å². The molecule has 0 radical (unpaired) electrons. The van der Waals surface area contributed by atoms with Gasteiger partial charge in [0, 0.05) is 6.07 Å². The maximum atomic E-state index is 8.65. The third-order valence-corrected chi connectivity index (χ3v) is 1.49. The maximum absolute atomic E-state index is 8.65. The minimum atomic E-state index is 0.327. The molecule has 0 saturated carbocycles. The Kier molecular flexibility index (Phi) is 3.62. The molecular formula is C10H11N3O. The number of allylic oxidation sites excluding steroid dienone is 1. The number of aromatic nitrogens is 2. The van der Waals surface area contributed by atoms with Crippen LogP contribution in [0.2, 0.25) is 0 Å². The van der Waals surface area contributed by atoms with Crippen LogP contribution in [0.25, 0.3) is 0 Å². The molecule has 0 amide bonds. The van der Waals surface area contributed by atoms with Crippen molar-refractivity contribution in [1.29, 1.82) is 5.26 Å². The van der Waals surface area contributed by atoms with Gasteiger partial charge in [0.15, 0.2) is 0 Å². The van der Waals surface area contributed by atoms with Crippen molar-refractivity contribution in [3.8, 4) is 11.9 Å². The molecule has 0 unspecified atom stereocenters. The molecule has 4 nitrogen and oxygen atoms in total. The summed E-state index contributed by atoms with van der Waals surface area (Å²) in [5, 5.41) is 8.65. The highest BCUT2D eigenvalue weighted by molar-refractivity contribution is 5.25. The molecule has 0 saturated heterocycles. The molecular weight excluding hydrogens is 178 g/mol. The van der Waals surface area contributed by atoms with Gasteiger partial charge in [0.2, 0.25) is 5.88 Å². The molecule has 0 aliphatic rings. The van der Waals surface area contributed by atoms with Crippen molar-refractivity contribution in [2.24, 2.45) is 0 Å². The molecule has 1 aromatic heterocycles. The van der Waals surface area contributed by atoms with Crippen molar-refractivity contribution in [1.82, 2.24) is 9.97 Å². The molecule has 1 aromatic rings. The first-order valence-corrected chi connectivity index (χ1v) is 4.26. The Morgan fingerprint density at radius 3 is 3.00 bits per heavy atom. The van der Waals surface area contributed by atoms with Gasteiger partial charge in [-0.25, -0.2) is 4.98 Å². The third-order valence-electron chi connectivity index (χ3n) is 1.49. The minimum absolute atomic E-state index is 0.327. The topological polar surface area (TPSA) is 58.8 Å². The van der Waals surface area contributed by atoms with Crippen LogP contribution in [-0.2, 0) is 0 Å². The Labute approximate surface area is 82.9 Å². The standard InChI is InChI=1S/C10H11N3O/c1-3-4-5-14-10-6-9(7-11)12-8(2)13-10/h3-4,6H,5H2,1-2H3/b4-3+. The zero-order valence-electron chi connectivity index (χ0n) is 8.19. The number of ether oxygens (including phenoxy) is 1. The van der Waals surface area contributed by atoms with Crippen LogP contribution in [0.3, 0.4) is 0 Å². The highest BCUT2D eigenvalue weighted by Gasteiger charge is 2.00. The van der Waals surface area contributed by atoms with Gasteiger partial charge in [-0.15, -0.1) is 0 Å². The van der Waals surface area contributed by atoms with Crippen LogP contribution < -0.4 is 4.74 Å². The van der Waals surface area contributed by atoms with Crippen molar-refractivity contribution < 1.29 is 4.74 Å².